The number of hydrogen-bond donors (Lipinski definition) is 0. The zero-order valence-electron chi connectivity index (χ0n) is 10.5. The van der Waals surface area contributed by atoms with Gasteiger partial charge >= 0.3 is 12.0 Å². The normalized spacial score (nSPS) is 10.2. The number of nitro groups is 1. The standard InChI is InChI=1S/C11H9ClN4O4/c1-6-5-7(3-4-8(6)16(17)18)20-11-14-9(12)13-10(15-11)19-2/h3-5H,1-2H3. The molecule has 104 valence electrons. The van der Waals surface area contributed by atoms with E-state index in [2.05, 4.69) is 15.0 Å². The molecule has 0 aliphatic heterocycles. The minimum absolute atomic E-state index is 0.00334. The Labute approximate surface area is 118 Å². The van der Waals surface area contributed by atoms with E-state index in [0.29, 0.717) is 11.3 Å². The Bertz CT molecular complexity index is 665. The molecule has 0 saturated carbocycles. The zero-order chi connectivity index (χ0) is 14.7. The number of rotatable bonds is 4. The van der Waals surface area contributed by atoms with Gasteiger partial charge in [0.2, 0.25) is 5.28 Å². The van der Waals surface area contributed by atoms with E-state index in [4.69, 9.17) is 21.1 Å². The van der Waals surface area contributed by atoms with Gasteiger partial charge in [-0.2, -0.15) is 9.97 Å². The van der Waals surface area contributed by atoms with Crippen LogP contribution in [0.5, 0.6) is 17.8 Å². The molecule has 0 aliphatic rings. The van der Waals surface area contributed by atoms with Crippen LogP contribution in [0.2, 0.25) is 5.28 Å². The molecule has 8 nitrogen and oxygen atoms in total. The Morgan fingerprint density at radius 1 is 1.25 bits per heavy atom. The smallest absolute Gasteiger partial charge is 0.329 e. The molecule has 0 saturated heterocycles. The lowest BCUT2D eigenvalue weighted by Crippen LogP contribution is -1.99. The van der Waals surface area contributed by atoms with Crippen molar-refractivity contribution in [3.05, 3.63) is 39.2 Å². The largest absolute Gasteiger partial charge is 0.467 e. The monoisotopic (exact) mass is 296 g/mol. The Kier molecular flexibility index (Phi) is 3.94. The average molecular weight is 297 g/mol. The molecule has 9 heteroatoms. The maximum atomic E-state index is 10.7. The number of nitrogens with zero attached hydrogens (tertiary/aromatic N) is 4. The van der Waals surface area contributed by atoms with Crippen LogP contribution in [-0.4, -0.2) is 27.0 Å². The molecule has 0 spiro atoms. The maximum absolute atomic E-state index is 10.7. The highest BCUT2D eigenvalue weighted by Crippen LogP contribution is 2.26. The molecule has 0 radical (unpaired) electrons. The summed E-state index contributed by atoms with van der Waals surface area (Å²) in [7, 11) is 1.38. The minimum Gasteiger partial charge on any atom is -0.467 e. The summed E-state index contributed by atoms with van der Waals surface area (Å²) in [5, 5.41) is 10.6. The average Bonchev–Trinajstić information content (AvgIpc) is 2.37. The van der Waals surface area contributed by atoms with E-state index in [1.165, 1.54) is 25.3 Å². The van der Waals surface area contributed by atoms with Gasteiger partial charge in [0, 0.05) is 11.6 Å². The molecule has 0 unspecified atom stereocenters. The summed E-state index contributed by atoms with van der Waals surface area (Å²) in [6.45, 7) is 1.60. The first-order valence-corrected chi connectivity index (χ1v) is 5.76. The number of benzene rings is 1. The molecule has 0 N–H and O–H groups in total. The highest BCUT2D eigenvalue weighted by molar-refractivity contribution is 6.28. The van der Waals surface area contributed by atoms with Crippen LogP contribution >= 0.6 is 11.6 Å². The lowest BCUT2D eigenvalue weighted by atomic mass is 10.2. The van der Waals surface area contributed by atoms with Crippen molar-refractivity contribution < 1.29 is 14.4 Å². The number of ether oxygens (including phenoxy) is 2. The number of halogens is 1. The van der Waals surface area contributed by atoms with Gasteiger partial charge in [0.1, 0.15) is 5.75 Å². The van der Waals surface area contributed by atoms with Crippen molar-refractivity contribution in [3.8, 4) is 17.8 Å². The predicted octanol–water partition coefficient (Wildman–Crippen LogP) is 2.54. The lowest BCUT2D eigenvalue weighted by molar-refractivity contribution is -0.385. The van der Waals surface area contributed by atoms with Crippen LogP contribution in [0, 0.1) is 17.0 Å². The van der Waals surface area contributed by atoms with Crippen LogP contribution in [0.1, 0.15) is 5.56 Å². The molecule has 1 aromatic heterocycles. The molecule has 1 aromatic carbocycles. The minimum atomic E-state index is -0.470. The number of hydrogen-bond acceptors (Lipinski definition) is 7. The second kappa shape index (κ2) is 5.66. The van der Waals surface area contributed by atoms with Crippen LogP contribution < -0.4 is 9.47 Å². The summed E-state index contributed by atoms with van der Waals surface area (Å²) >= 11 is 5.68. The molecule has 0 amide bonds. The molecule has 0 aliphatic carbocycles. The molecule has 20 heavy (non-hydrogen) atoms. The summed E-state index contributed by atoms with van der Waals surface area (Å²) in [4.78, 5) is 21.6. The maximum Gasteiger partial charge on any atom is 0.329 e. The Hall–Kier alpha value is -2.48. The summed E-state index contributed by atoms with van der Waals surface area (Å²) < 4.78 is 10.2. The van der Waals surface area contributed by atoms with E-state index in [0.717, 1.165) is 0 Å². The quantitative estimate of drug-likeness (QED) is 0.631. The van der Waals surface area contributed by atoms with Gasteiger partial charge in [0.15, 0.2) is 0 Å². The van der Waals surface area contributed by atoms with Crippen LogP contribution in [-0.2, 0) is 0 Å². The molecular weight excluding hydrogens is 288 g/mol. The SMILES string of the molecule is COc1nc(Cl)nc(Oc2ccc([N+](=O)[O-])c(C)c2)n1. The van der Waals surface area contributed by atoms with Crippen LogP contribution in [0.15, 0.2) is 18.2 Å². The number of nitro benzene ring substituents is 1. The van der Waals surface area contributed by atoms with Crippen molar-refractivity contribution in [1.29, 1.82) is 0 Å². The van der Waals surface area contributed by atoms with E-state index >= 15 is 0 Å². The van der Waals surface area contributed by atoms with Crippen molar-refractivity contribution in [2.75, 3.05) is 7.11 Å². The highest BCUT2D eigenvalue weighted by Gasteiger charge is 2.13. The van der Waals surface area contributed by atoms with Gasteiger partial charge in [-0.3, -0.25) is 10.1 Å². The van der Waals surface area contributed by atoms with Crippen LogP contribution in [0.4, 0.5) is 5.69 Å². The molecule has 0 atom stereocenters. The van der Waals surface area contributed by atoms with Gasteiger partial charge in [0.05, 0.1) is 12.0 Å². The summed E-state index contributed by atoms with van der Waals surface area (Å²) in [5.41, 5.74) is 0.461. The Morgan fingerprint density at radius 3 is 2.55 bits per heavy atom. The highest BCUT2D eigenvalue weighted by atomic mass is 35.5. The van der Waals surface area contributed by atoms with Gasteiger partial charge in [-0.15, -0.1) is 4.98 Å². The molecule has 1 heterocycles. The summed E-state index contributed by atoms with van der Waals surface area (Å²) in [6, 6.07) is 4.23. The van der Waals surface area contributed by atoms with E-state index in [-0.39, 0.29) is 23.0 Å². The molecule has 0 bridgehead atoms. The van der Waals surface area contributed by atoms with Gasteiger partial charge in [-0.05, 0) is 30.7 Å². The van der Waals surface area contributed by atoms with Crippen molar-refractivity contribution in [1.82, 2.24) is 15.0 Å². The summed E-state index contributed by atoms with van der Waals surface area (Å²) in [6.07, 6.45) is 0. The van der Waals surface area contributed by atoms with E-state index in [9.17, 15) is 10.1 Å². The fraction of sp³-hybridized carbons (Fsp3) is 0.182. The fourth-order valence-corrected chi connectivity index (χ4v) is 1.60. The first kappa shape index (κ1) is 13.9. The third-order valence-corrected chi connectivity index (χ3v) is 2.49. The van der Waals surface area contributed by atoms with Gasteiger partial charge in [0.25, 0.3) is 5.69 Å². The van der Waals surface area contributed by atoms with Gasteiger partial charge in [-0.1, -0.05) is 0 Å². The van der Waals surface area contributed by atoms with E-state index in [1.807, 2.05) is 0 Å². The summed E-state index contributed by atoms with van der Waals surface area (Å²) in [5.74, 6) is 0.345. The van der Waals surface area contributed by atoms with Crippen LogP contribution in [0.25, 0.3) is 0 Å². The van der Waals surface area contributed by atoms with E-state index in [1.54, 1.807) is 6.92 Å². The second-order valence-electron chi connectivity index (χ2n) is 3.68. The zero-order valence-corrected chi connectivity index (χ0v) is 11.3. The lowest BCUT2D eigenvalue weighted by Gasteiger charge is -2.06. The number of methoxy groups -OCH3 is 1. The van der Waals surface area contributed by atoms with Crippen molar-refractivity contribution in [3.63, 3.8) is 0 Å². The Balaban J connectivity index is 2.28. The van der Waals surface area contributed by atoms with Crippen LogP contribution in [0.3, 0.4) is 0 Å². The van der Waals surface area contributed by atoms with Crippen molar-refractivity contribution in [2.45, 2.75) is 6.92 Å². The topological polar surface area (TPSA) is 100 Å². The third kappa shape index (κ3) is 3.09. The van der Waals surface area contributed by atoms with Crippen molar-refractivity contribution >= 4 is 17.3 Å². The van der Waals surface area contributed by atoms with E-state index < -0.39 is 4.92 Å². The second-order valence-corrected chi connectivity index (χ2v) is 4.02. The first-order valence-electron chi connectivity index (χ1n) is 5.38. The molecule has 2 aromatic rings. The fourth-order valence-electron chi connectivity index (χ4n) is 1.45. The van der Waals surface area contributed by atoms with Gasteiger partial charge < -0.3 is 9.47 Å². The van der Waals surface area contributed by atoms with Gasteiger partial charge in [-0.25, -0.2) is 0 Å². The molecule has 2 rings (SSSR count). The third-order valence-electron chi connectivity index (χ3n) is 2.32. The Morgan fingerprint density at radius 2 is 1.95 bits per heavy atom. The number of aryl methyl sites for hydroxylation is 1. The molecular formula is C11H9ClN4O4. The first-order chi connectivity index (χ1) is 9.49. The molecule has 0 fully saturated rings. The predicted molar refractivity (Wildman–Crippen MR) is 69.3 cm³/mol. The van der Waals surface area contributed by atoms with Crippen molar-refractivity contribution in [2.24, 2.45) is 0 Å². The number of aromatic nitrogens is 3.